The van der Waals surface area contributed by atoms with Crippen molar-refractivity contribution in [1.82, 2.24) is 25.0 Å². The van der Waals surface area contributed by atoms with E-state index in [0.29, 0.717) is 30.6 Å². The van der Waals surface area contributed by atoms with Crippen LogP contribution in [0.2, 0.25) is 0 Å². The molecule has 2 N–H and O–H groups in total. The monoisotopic (exact) mass is 419 g/mol. The van der Waals surface area contributed by atoms with Crippen molar-refractivity contribution in [2.45, 2.75) is 25.9 Å². The number of likely N-dealkylation sites (tertiary alicyclic amines) is 1. The molecule has 0 unspecified atom stereocenters. The third-order valence-corrected chi connectivity index (χ3v) is 5.78. The number of aryl methyl sites for hydroxylation is 1. The van der Waals surface area contributed by atoms with E-state index in [4.69, 9.17) is 0 Å². The highest BCUT2D eigenvalue weighted by molar-refractivity contribution is 5.95. The number of hydrogen-bond donors (Lipinski definition) is 2. The average Bonchev–Trinajstić information content (AvgIpc) is 3.31. The van der Waals surface area contributed by atoms with Crippen LogP contribution in [-0.2, 0) is 11.3 Å². The molecule has 0 aliphatic carbocycles. The van der Waals surface area contributed by atoms with Gasteiger partial charge in [0, 0.05) is 50.0 Å². The molecule has 2 aromatic heterocycles. The van der Waals surface area contributed by atoms with Gasteiger partial charge in [0.1, 0.15) is 0 Å². The molecule has 1 aromatic carbocycles. The molecular weight excluding hydrogens is 394 g/mol. The first-order chi connectivity index (χ1) is 14.9. The summed E-state index contributed by atoms with van der Waals surface area (Å²) in [7, 11) is 1.79. The summed E-state index contributed by atoms with van der Waals surface area (Å²) in [5, 5.41) is 7.39. The number of benzene rings is 1. The molecule has 0 saturated carbocycles. The lowest BCUT2D eigenvalue weighted by Gasteiger charge is -2.24. The lowest BCUT2D eigenvalue weighted by Crippen LogP contribution is -2.33. The van der Waals surface area contributed by atoms with Gasteiger partial charge in [0.25, 0.3) is 5.91 Å². The zero-order valence-corrected chi connectivity index (χ0v) is 17.5. The van der Waals surface area contributed by atoms with E-state index in [2.05, 4.69) is 15.4 Å². The maximum absolute atomic E-state index is 12.6. The van der Waals surface area contributed by atoms with Gasteiger partial charge in [-0.05, 0) is 18.1 Å². The van der Waals surface area contributed by atoms with E-state index in [1.807, 2.05) is 41.2 Å². The van der Waals surface area contributed by atoms with Crippen molar-refractivity contribution >= 4 is 11.8 Å². The van der Waals surface area contributed by atoms with Crippen molar-refractivity contribution in [2.75, 3.05) is 13.6 Å². The molecule has 4 rings (SSSR count). The Kier molecular flexibility index (Phi) is 5.70. The summed E-state index contributed by atoms with van der Waals surface area (Å²) in [5.74, 6) is -0.298. The minimum absolute atomic E-state index is 0.0419. The summed E-state index contributed by atoms with van der Waals surface area (Å²) < 4.78 is 1.86. The zero-order chi connectivity index (χ0) is 22.0. The van der Waals surface area contributed by atoms with Gasteiger partial charge in [-0.15, -0.1) is 0 Å². The highest BCUT2D eigenvalue weighted by Crippen LogP contribution is 2.36. The Hall–Kier alpha value is -3.68. The minimum Gasteiger partial charge on any atom is -0.352 e. The van der Waals surface area contributed by atoms with Gasteiger partial charge in [0.15, 0.2) is 0 Å². The first-order valence-corrected chi connectivity index (χ1v) is 10.2. The van der Waals surface area contributed by atoms with Crippen molar-refractivity contribution < 1.29 is 9.59 Å². The van der Waals surface area contributed by atoms with Crippen LogP contribution in [0.15, 0.2) is 59.8 Å². The average molecular weight is 419 g/mol. The Morgan fingerprint density at radius 1 is 1.26 bits per heavy atom. The molecule has 1 saturated heterocycles. The number of amides is 2. The molecule has 0 radical (unpaired) electrons. The van der Waals surface area contributed by atoms with Crippen LogP contribution in [0, 0.1) is 12.8 Å². The van der Waals surface area contributed by atoms with Gasteiger partial charge in [-0.2, -0.15) is 5.10 Å². The third kappa shape index (κ3) is 4.42. The molecule has 3 aromatic rings. The van der Waals surface area contributed by atoms with Gasteiger partial charge in [-0.25, -0.2) is 0 Å². The number of nitrogens with zero attached hydrogens (tertiary/aromatic N) is 3. The second kappa shape index (κ2) is 8.59. The van der Waals surface area contributed by atoms with Crippen LogP contribution >= 0.6 is 0 Å². The second-order valence-electron chi connectivity index (χ2n) is 7.97. The molecule has 2 atom stereocenters. The smallest absolute Gasteiger partial charge is 0.253 e. The van der Waals surface area contributed by atoms with E-state index in [1.54, 1.807) is 25.1 Å². The van der Waals surface area contributed by atoms with Crippen molar-refractivity contribution in [1.29, 1.82) is 0 Å². The second-order valence-corrected chi connectivity index (χ2v) is 7.97. The fraction of sp³-hybridized carbons (Fsp3) is 0.304. The molecular formula is C23H25N5O3. The van der Waals surface area contributed by atoms with E-state index in [-0.39, 0.29) is 29.3 Å². The molecule has 1 fully saturated rings. The highest BCUT2D eigenvalue weighted by Gasteiger charge is 2.39. The van der Waals surface area contributed by atoms with E-state index in [1.165, 1.54) is 12.3 Å². The maximum atomic E-state index is 12.6. The summed E-state index contributed by atoms with van der Waals surface area (Å²) in [4.78, 5) is 40.7. The fourth-order valence-electron chi connectivity index (χ4n) is 4.16. The van der Waals surface area contributed by atoms with Crippen molar-refractivity contribution in [3.05, 3.63) is 87.6 Å². The molecule has 1 aliphatic rings. The first-order valence-electron chi connectivity index (χ1n) is 10.2. The van der Waals surface area contributed by atoms with Crippen LogP contribution < -0.4 is 10.9 Å². The highest BCUT2D eigenvalue weighted by atomic mass is 16.2. The van der Waals surface area contributed by atoms with Crippen LogP contribution in [0.3, 0.4) is 0 Å². The number of hydrogen-bond acceptors (Lipinski definition) is 4. The third-order valence-electron chi connectivity index (χ3n) is 5.78. The standard InChI is InChI=1S/C23H25N5O3/c1-15-8-20(29)24-12-19(15)23(31)25-10-17-9-21(30)27(2)22(17)18-11-26-28(14-18)13-16-6-4-3-5-7-16/h3-8,11-12,14,17,22H,9-10,13H2,1-2H3,(H,24,29)(H,25,31)/t17-,22+/m0/s1. The largest absolute Gasteiger partial charge is 0.352 e. The molecule has 3 heterocycles. The Morgan fingerprint density at radius 3 is 2.77 bits per heavy atom. The van der Waals surface area contributed by atoms with Crippen LogP contribution in [0.4, 0.5) is 0 Å². The minimum atomic E-state index is -0.269. The van der Waals surface area contributed by atoms with Gasteiger partial charge in [-0.3, -0.25) is 19.1 Å². The Labute approximate surface area is 179 Å². The number of carbonyl (C=O) groups is 2. The molecule has 31 heavy (non-hydrogen) atoms. The number of carbonyl (C=O) groups excluding carboxylic acids is 2. The van der Waals surface area contributed by atoms with E-state index in [0.717, 1.165) is 11.1 Å². The van der Waals surface area contributed by atoms with Crippen molar-refractivity contribution in [2.24, 2.45) is 5.92 Å². The Balaban J connectivity index is 1.47. The van der Waals surface area contributed by atoms with Crippen molar-refractivity contribution in [3.63, 3.8) is 0 Å². The predicted octanol–water partition coefficient (Wildman–Crippen LogP) is 1.88. The van der Waals surface area contributed by atoms with E-state index >= 15 is 0 Å². The molecule has 0 spiro atoms. The van der Waals surface area contributed by atoms with Gasteiger partial charge in [0.2, 0.25) is 11.5 Å². The van der Waals surface area contributed by atoms with E-state index < -0.39 is 0 Å². The maximum Gasteiger partial charge on any atom is 0.253 e. The number of rotatable bonds is 6. The Morgan fingerprint density at radius 2 is 2.03 bits per heavy atom. The molecule has 1 aliphatic heterocycles. The quantitative estimate of drug-likeness (QED) is 0.637. The summed E-state index contributed by atoms with van der Waals surface area (Å²) >= 11 is 0. The van der Waals surface area contributed by atoms with Gasteiger partial charge in [-0.1, -0.05) is 30.3 Å². The van der Waals surface area contributed by atoms with Gasteiger partial charge >= 0.3 is 0 Å². The van der Waals surface area contributed by atoms with Gasteiger partial charge in [0.05, 0.1) is 24.3 Å². The number of H-pyrrole nitrogens is 1. The fourth-order valence-corrected chi connectivity index (χ4v) is 4.16. The predicted molar refractivity (Wildman–Crippen MR) is 116 cm³/mol. The SMILES string of the molecule is Cc1cc(=O)[nH]cc1C(=O)NC[C@@H]1CC(=O)N(C)[C@H]1c1cnn(Cc2ccccc2)c1. The lowest BCUT2D eigenvalue weighted by atomic mass is 9.95. The van der Waals surface area contributed by atoms with Crippen molar-refractivity contribution in [3.8, 4) is 0 Å². The Bertz CT molecular complexity index is 1150. The number of pyridine rings is 1. The van der Waals surface area contributed by atoms with Gasteiger partial charge < -0.3 is 15.2 Å². The topological polar surface area (TPSA) is 100 Å². The lowest BCUT2D eigenvalue weighted by molar-refractivity contribution is -0.127. The number of aromatic amines is 1. The van der Waals surface area contributed by atoms with Crippen LogP contribution in [0.1, 0.15) is 39.5 Å². The summed E-state index contributed by atoms with van der Waals surface area (Å²) in [6, 6.07) is 11.3. The normalized spacial score (nSPS) is 18.4. The summed E-state index contributed by atoms with van der Waals surface area (Å²) in [6.45, 7) is 2.72. The molecule has 0 bridgehead atoms. The van der Waals surface area contributed by atoms with E-state index in [9.17, 15) is 14.4 Å². The first kappa shape index (κ1) is 20.6. The summed E-state index contributed by atoms with van der Waals surface area (Å²) in [6.07, 6.45) is 5.54. The molecule has 160 valence electrons. The molecule has 2 amide bonds. The molecule has 8 heteroatoms. The number of aromatic nitrogens is 3. The summed E-state index contributed by atoms with van der Waals surface area (Å²) in [5.41, 5.74) is 2.88. The van der Waals surface area contributed by atoms with Crippen LogP contribution in [-0.4, -0.2) is 45.1 Å². The zero-order valence-electron chi connectivity index (χ0n) is 17.5. The number of nitrogens with one attached hydrogen (secondary N) is 2. The van der Waals surface area contributed by atoms with Crippen LogP contribution in [0.5, 0.6) is 0 Å². The van der Waals surface area contributed by atoms with Crippen LogP contribution in [0.25, 0.3) is 0 Å². The molecule has 8 nitrogen and oxygen atoms in total.